The standard InChI is InChI=1S/C28H34N6O4/c1-37-21-11-7-19(8-12-21)17-29-27-25-26(32-23(33-27)5-3-15-35)28(34-24(31-25)6-4-16-36)30-18-20-9-13-22(38-2)14-10-20/h7-14,35-36H,3-6,15-18H2,1-2H3,(H,29,32,33)(H,30,31,34). The van der Waals surface area contributed by atoms with Crippen LogP contribution < -0.4 is 20.1 Å². The number of hydrogen-bond donors (Lipinski definition) is 4. The smallest absolute Gasteiger partial charge is 0.156 e. The highest BCUT2D eigenvalue weighted by molar-refractivity contribution is 5.92. The Morgan fingerprint density at radius 1 is 0.605 bits per heavy atom. The molecule has 0 atom stereocenters. The Hall–Kier alpha value is -4.02. The molecule has 0 fully saturated rings. The van der Waals surface area contributed by atoms with Crippen LogP contribution in [0.1, 0.15) is 35.6 Å². The second-order valence-corrected chi connectivity index (χ2v) is 8.73. The second-order valence-electron chi connectivity index (χ2n) is 8.73. The number of benzene rings is 2. The highest BCUT2D eigenvalue weighted by Crippen LogP contribution is 2.26. The maximum atomic E-state index is 9.38. The van der Waals surface area contributed by atoms with Crippen molar-refractivity contribution >= 4 is 22.7 Å². The first-order chi connectivity index (χ1) is 18.6. The summed E-state index contributed by atoms with van der Waals surface area (Å²) >= 11 is 0. The van der Waals surface area contributed by atoms with Gasteiger partial charge in [0.05, 0.1) is 14.2 Å². The lowest BCUT2D eigenvalue weighted by Crippen LogP contribution is -2.12. The number of nitrogens with one attached hydrogen (secondary N) is 2. The van der Waals surface area contributed by atoms with E-state index in [1.807, 2.05) is 48.5 Å². The fourth-order valence-electron chi connectivity index (χ4n) is 3.91. The number of ether oxygens (including phenoxy) is 2. The van der Waals surface area contributed by atoms with E-state index in [-0.39, 0.29) is 13.2 Å². The van der Waals surface area contributed by atoms with Crippen molar-refractivity contribution in [1.29, 1.82) is 0 Å². The third kappa shape index (κ3) is 7.05. The molecule has 0 saturated carbocycles. The Kier molecular flexibility index (Phi) is 9.60. The molecule has 0 unspecified atom stereocenters. The first kappa shape index (κ1) is 27.0. The molecule has 38 heavy (non-hydrogen) atoms. The van der Waals surface area contributed by atoms with Gasteiger partial charge >= 0.3 is 0 Å². The van der Waals surface area contributed by atoms with Crippen LogP contribution in [0.3, 0.4) is 0 Å². The van der Waals surface area contributed by atoms with Gasteiger partial charge in [-0.05, 0) is 48.2 Å². The number of nitrogens with zero attached hydrogens (tertiary/aromatic N) is 4. The van der Waals surface area contributed by atoms with Crippen molar-refractivity contribution in [1.82, 2.24) is 19.9 Å². The summed E-state index contributed by atoms with van der Waals surface area (Å²) in [4.78, 5) is 19.0. The van der Waals surface area contributed by atoms with E-state index < -0.39 is 0 Å². The summed E-state index contributed by atoms with van der Waals surface area (Å²) in [5, 5.41) is 25.6. The summed E-state index contributed by atoms with van der Waals surface area (Å²) in [5.41, 5.74) is 3.32. The normalized spacial score (nSPS) is 10.9. The lowest BCUT2D eigenvalue weighted by atomic mass is 10.2. The molecule has 10 heteroatoms. The molecule has 0 aliphatic heterocycles. The van der Waals surface area contributed by atoms with E-state index in [1.54, 1.807) is 14.2 Å². The van der Waals surface area contributed by atoms with E-state index in [4.69, 9.17) is 29.4 Å². The molecule has 2 aromatic carbocycles. The highest BCUT2D eigenvalue weighted by Gasteiger charge is 2.16. The monoisotopic (exact) mass is 518 g/mol. The first-order valence-electron chi connectivity index (χ1n) is 12.7. The predicted molar refractivity (Wildman–Crippen MR) is 147 cm³/mol. The summed E-state index contributed by atoms with van der Waals surface area (Å²) in [6.07, 6.45) is 2.14. The molecule has 0 radical (unpaired) electrons. The highest BCUT2D eigenvalue weighted by atomic mass is 16.5. The van der Waals surface area contributed by atoms with Gasteiger partial charge in [0.2, 0.25) is 0 Å². The Morgan fingerprint density at radius 3 is 1.34 bits per heavy atom. The largest absolute Gasteiger partial charge is 0.497 e. The molecular formula is C28H34N6O4. The van der Waals surface area contributed by atoms with E-state index >= 15 is 0 Å². The number of aliphatic hydroxyl groups is 2. The summed E-state index contributed by atoms with van der Waals surface area (Å²) in [6.45, 7) is 1.16. The number of fused-ring (bicyclic) bond motifs is 1. The molecule has 10 nitrogen and oxygen atoms in total. The van der Waals surface area contributed by atoms with Crippen molar-refractivity contribution in [3.05, 3.63) is 71.3 Å². The minimum atomic E-state index is 0.0508. The van der Waals surface area contributed by atoms with Crippen LogP contribution >= 0.6 is 0 Å². The van der Waals surface area contributed by atoms with Crippen molar-refractivity contribution in [2.75, 3.05) is 38.1 Å². The number of aromatic nitrogens is 4. The fraction of sp³-hybridized carbons (Fsp3) is 0.357. The molecule has 0 amide bonds. The lowest BCUT2D eigenvalue weighted by Gasteiger charge is -2.15. The van der Waals surface area contributed by atoms with Crippen molar-refractivity contribution in [2.45, 2.75) is 38.8 Å². The molecule has 0 saturated heterocycles. The van der Waals surface area contributed by atoms with Gasteiger partial charge in [-0.25, -0.2) is 19.9 Å². The van der Waals surface area contributed by atoms with Crippen molar-refractivity contribution in [3.63, 3.8) is 0 Å². The molecule has 2 heterocycles. The molecule has 0 aliphatic carbocycles. The average molecular weight is 519 g/mol. The third-order valence-electron chi connectivity index (χ3n) is 5.99. The van der Waals surface area contributed by atoms with Gasteiger partial charge in [-0.2, -0.15) is 0 Å². The molecular weight excluding hydrogens is 484 g/mol. The summed E-state index contributed by atoms with van der Waals surface area (Å²) in [5.74, 6) is 3.98. The van der Waals surface area contributed by atoms with Crippen LogP contribution in [-0.2, 0) is 25.9 Å². The predicted octanol–water partition coefficient (Wildman–Crippen LogP) is 3.51. The summed E-state index contributed by atoms with van der Waals surface area (Å²) in [6, 6.07) is 15.6. The van der Waals surface area contributed by atoms with Crippen LogP contribution in [0.4, 0.5) is 11.6 Å². The van der Waals surface area contributed by atoms with Crippen LogP contribution in [-0.4, -0.2) is 57.6 Å². The van der Waals surface area contributed by atoms with Crippen molar-refractivity contribution in [2.24, 2.45) is 0 Å². The molecule has 4 aromatic rings. The van der Waals surface area contributed by atoms with Crippen molar-refractivity contribution in [3.8, 4) is 11.5 Å². The summed E-state index contributed by atoms with van der Waals surface area (Å²) < 4.78 is 10.5. The Morgan fingerprint density at radius 2 is 1.00 bits per heavy atom. The minimum Gasteiger partial charge on any atom is -0.497 e. The lowest BCUT2D eigenvalue weighted by molar-refractivity contribution is 0.287. The zero-order chi connectivity index (χ0) is 26.7. The molecule has 4 N–H and O–H groups in total. The SMILES string of the molecule is COc1ccc(CNc2nc(CCCO)nc3c(NCc4ccc(OC)cc4)nc(CCCO)nc23)cc1. The molecule has 4 rings (SSSR count). The van der Waals surface area contributed by atoms with Gasteiger partial charge in [0.1, 0.15) is 34.2 Å². The minimum absolute atomic E-state index is 0.0508. The zero-order valence-corrected chi connectivity index (χ0v) is 21.8. The van der Waals surface area contributed by atoms with Crippen LogP contribution in [0.25, 0.3) is 11.0 Å². The maximum absolute atomic E-state index is 9.38. The first-order valence-corrected chi connectivity index (χ1v) is 12.7. The van der Waals surface area contributed by atoms with Crippen LogP contribution in [0.5, 0.6) is 11.5 Å². The Labute approximate surface area is 222 Å². The van der Waals surface area contributed by atoms with Gasteiger partial charge in [-0.15, -0.1) is 0 Å². The summed E-state index contributed by atoms with van der Waals surface area (Å²) in [7, 11) is 3.28. The third-order valence-corrected chi connectivity index (χ3v) is 5.99. The van der Waals surface area contributed by atoms with Gasteiger partial charge in [0.15, 0.2) is 11.6 Å². The average Bonchev–Trinajstić information content (AvgIpc) is 2.97. The van der Waals surface area contributed by atoms with Crippen LogP contribution in [0.15, 0.2) is 48.5 Å². The number of rotatable bonds is 14. The van der Waals surface area contributed by atoms with Crippen molar-refractivity contribution < 1.29 is 19.7 Å². The zero-order valence-electron chi connectivity index (χ0n) is 21.8. The second kappa shape index (κ2) is 13.5. The van der Waals surface area contributed by atoms with Gasteiger partial charge in [-0.3, -0.25) is 0 Å². The van der Waals surface area contributed by atoms with E-state index in [0.717, 1.165) is 22.6 Å². The number of aryl methyl sites for hydroxylation is 2. The Bertz CT molecular complexity index is 1210. The van der Waals surface area contributed by atoms with Crippen LogP contribution in [0, 0.1) is 0 Å². The van der Waals surface area contributed by atoms with E-state index in [1.165, 1.54) is 0 Å². The molecule has 0 bridgehead atoms. The molecule has 0 spiro atoms. The van der Waals surface area contributed by atoms with Gasteiger partial charge in [0, 0.05) is 39.1 Å². The molecule has 200 valence electrons. The van der Waals surface area contributed by atoms with Gasteiger partial charge in [-0.1, -0.05) is 24.3 Å². The number of anilines is 2. The maximum Gasteiger partial charge on any atom is 0.156 e. The quantitative estimate of drug-likeness (QED) is 0.196. The van der Waals surface area contributed by atoms with E-state index in [0.29, 0.717) is 73.1 Å². The number of hydrogen-bond acceptors (Lipinski definition) is 10. The molecule has 0 aliphatic rings. The number of aliphatic hydroxyl groups excluding tert-OH is 2. The number of methoxy groups -OCH3 is 2. The van der Waals surface area contributed by atoms with E-state index in [9.17, 15) is 10.2 Å². The van der Waals surface area contributed by atoms with Gasteiger partial charge < -0.3 is 30.3 Å². The Balaban J connectivity index is 1.70. The van der Waals surface area contributed by atoms with Crippen LogP contribution in [0.2, 0.25) is 0 Å². The fourth-order valence-corrected chi connectivity index (χ4v) is 3.91. The van der Waals surface area contributed by atoms with Gasteiger partial charge in [0.25, 0.3) is 0 Å². The van der Waals surface area contributed by atoms with E-state index in [2.05, 4.69) is 10.6 Å². The molecule has 2 aromatic heterocycles. The topological polar surface area (TPSA) is 135 Å².